The molecule has 4 rings (SSSR count). The van der Waals surface area contributed by atoms with E-state index >= 15 is 0 Å². The summed E-state index contributed by atoms with van der Waals surface area (Å²) in [5.74, 6) is 0.0343. The summed E-state index contributed by atoms with van der Waals surface area (Å²) < 4.78 is 29.3. The van der Waals surface area contributed by atoms with Crippen molar-refractivity contribution in [3.05, 3.63) is 59.6 Å². The summed E-state index contributed by atoms with van der Waals surface area (Å²) in [6, 6.07) is 8.41. The minimum atomic E-state index is -3.89. The summed E-state index contributed by atoms with van der Waals surface area (Å²) >= 11 is 5.91. The van der Waals surface area contributed by atoms with Crippen molar-refractivity contribution in [3.8, 4) is 11.1 Å². The Hall–Kier alpha value is -2.75. The number of hydrogen-bond donors (Lipinski definition) is 3. The zero-order chi connectivity index (χ0) is 21.3. The van der Waals surface area contributed by atoms with Crippen LogP contribution in [0.25, 0.3) is 17.2 Å². The van der Waals surface area contributed by atoms with E-state index in [1.54, 1.807) is 24.4 Å². The fourth-order valence-electron chi connectivity index (χ4n) is 3.69. The molecule has 0 radical (unpaired) electrons. The zero-order valence-corrected chi connectivity index (χ0v) is 17.8. The first kappa shape index (κ1) is 20.5. The van der Waals surface area contributed by atoms with Gasteiger partial charge in [0.25, 0.3) is 10.0 Å². The van der Waals surface area contributed by atoms with E-state index in [-0.39, 0.29) is 15.9 Å². The summed E-state index contributed by atoms with van der Waals surface area (Å²) in [4.78, 5) is 0.137. The Bertz CT molecular complexity index is 1170. The Morgan fingerprint density at radius 1 is 1.20 bits per heavy atom. The lowest BCUT2D eigenvalue weighted by Gasteiger charge is -2.22. The van der Waals surface area contributed by atoms with Crippen molar-refractivity contribution in [1.82, 2.24) is 19.1 Å². The molecule has 0 bridgehead atoms. The first-order valence-electron chi connectivity index (χ1n) is 9.57. The molecule has 5 N–H and O–H groups in total. The van der Waals surface area contributed by atoms with Crippen molar-refractivity contribution < 1.29 is 8.42 Å². The van der Waals surface area contributed by atoms with Crippen molar-refractivity contribution >= 4 is 33.5 Å². The molecular formula is C20H23ClN6O2S. The van der Waals surface area contributed by atoms with Gasteiger partial charge in [-0.25, -0.2) is 12.4 Å². The molecule has 3 heterocycles. The molecule has 30 heavy (non-hydrogen) atoms. The van der Waals surface area contributed by atoms with Gasteiger partial charge in [0.1, 0.15) is 5.82 Å². The van der Waals surface area contributed by atoms with Crippen LogP contribution in [0.2, 0.25) is 0 Å². The molecule has 0 amide bonds. The molecule has 1 fully saturated rings. The van der Waals surface area contributed by atoms with Crippen molar-refractivity contribution in [3.63, 3.8) is 0 Å². The number of anilines is 1. The average Bonchev–Trinajstić information content (AvgIpc) is 3.35. The van der Waals surface area contributed by atoms with Gasteiger partial charge < -0.3 is 16.8 Å². The standard InChI is InChI=1S/C20H23ClN6O2S/c21-19(22)10-17-18(14-11-25-26(12-14)15-6-8-24-9-7-15)13-27(20(17)23)30(28,29)16-4-2-1-3-5-16/h1-5,10-13,15,24H,6-9,22-23H2/b19-10-. The Labute approximate surface area is 180 Å². The largest absolute Gasteiger partial charge is 0.389 e. The van der Waals surface area contributed by atoms with Crippen LogP contribution >= 0.6 is 11.6 Å². The summed E-state index contributed by atoms with van der Waals surface area (Å²) in [5.41, 5.74) is 13.7. The Morgan fingerprint density at radius 3 is 2.57 bits per heavy atom. The van der Waals surface area contributed by atoms with Crippen LogP contribution < -0.4 is 16.8 Å². The summed E-state index contributed by atoms with van der Waals surface area (Å²) in [6.45, 7) is 1.88. The lowest BCUT2D eigenvalue weighted by atomic mass is 10.1. The number of nitrogen functional groups attached to an aromatic ring is 1. The molecule has 0 saturated carbocycles. The number of rotatable bonds is 5. The topological polar surface area (TPSA) is 121 Å². The summed E-state index contributed by atoms with van der Waals surface area (Å²) in [5, 5.41) is 7.84. The molecule has 10 heteroatoms. The Morgan fingerprint density at radius 2 is 1.90 bits per heavy atom. The van der Waals surface area contributed by atoms with Crippen molar-refractivity contribution in [2.45, 2.75) is 23.8 Å². The number of nitrogens with two attached hydrogens (primary N) is 2. The van der Waals surface area contributed by atoms with Gasteiger partial charge in [-0.1, -0.05) is 29.8 Å². The van der Waals surface area contributed by atoms with Crippen LogP contribution in [0.4, 0.5) is 5.82 Å². The van der Waals surface area contributed by atoms with Gasteiger partial charge in [-0.3, -0.25) is 4.68 Å². The molecule has 1 aliphatic rings. The maximum atomic E-state index is 13.2. The van der Waals surface area contributed by atoms with E-state index in [4.69, 9.17) is 23.1 Å². The number of nitrogens with one attached hydrogen (secondary N) is 1. The number of benzene rings is 1. The van der Waals surface area contributed by atoms with Crippen molar-refractivity contribution in [2.75, 3.05) is 18.8 Å². The zero-order valence-electron chi connectivity index (χ0n) is 16.2. The minimum absolute atomic E-state index is 0.00329. The van der Waals surface area contributed by atoms with Gasteiger partial charge in [0.05, 0.1) is 22.3 Å². The minimum Gasteiger partial charge on any atom is -0.389 e. The molecule has 0 aliphatic carbocycles. The van der Waals surface area contributed by atoms with Gasteiger partial charge in [0, 0.05) is 29.1 Å². The molecule has 2 aromatic heterocycles. The molecular weight excluding hydrogens is 424 g/mol. The predicted molar refractivity (Wildman–Crippen MR) is 118 cm³/mol. The van der Waals surface area contributed by atoms with Crippen LogP contribution in [0, 0.1) is 0 Å². The van der Waals surface area contributed by atoms with E-state index < -0.39 is 10.0 Å². The van der Waals surface area contributed by atoms with Gasteiger partial charge in [-0.05, 0) is 44.1 Å². The lowest BCUT2D eigenvalue weighted by Crippen LogP contribution is -2.29. The van der Waals surface area contributed by atoms with Crippen LogP contribution in [0.3, 0.4) is 0 Å². The van der Waals surface area contributed by atoms with Crippen molar-refractivity contribution in [2.24, 2.45) is 5.73 Å². The second-order valence-electron chi connectivity index (χ2n) is 7.18. The molecule has 1 saturated heterocycles. The second-order valence-corrected chi connectivity index (χ2v) is 9.43. The second kappa shape index (κ2) is 8.17. The third kappa shape index (κ3) is 3.83. The molecule has 0 unspecified atom stereocenters. The highest BCUT2D eigenvalue weighted by Crippen LogP contribution is 2.35. The highest BCUT2D eigenvalue weighted by molar-refractivity contribution is 7.90. The Kier molecular flexibility index (Phi) is 5.59. The van der Waals surface area contributed by atoms with Crippen molar-refractivity contribution in [1.29, 1.82) is 0 Å². The maximum Gasteiger partial charge on any atom is 0.269 e. The SMILES string of the molecule is N/C(Cl)=C\c1c(-c2cnn(C3CCNCC3)c2)cn(S(=O)(=O)c2ccccc2)c1N. The van der Waals surface area contributed by atoms with E-state index in [1.165, 1.54) is 24.4 Å². The summed E-state index contributed by atoms with van der Waals surface area (Å²) in [7, 11) is -3.89. The first-order chi connectivity index (χ1) is 14.4. The molecule has 0 spiro atoms. The van der Waals surface area contributed by atoms with Crippen LogP contribution in [0.15, 0.2) is 59.0 Å². The highest BCUT2D eigenvalue weighted by Gasteiger charge is 2.25. The number of halogens is 1. The third-order valence-corrected chi connectivity index (χ3v) is 7.02. The van der Waals surface area contributed by atoms with Crippen LogP contribution in [-0.2, 0) is 10.0 Å². The van der Waals surface area contributed by atoms with E-state index in [1.807, 2.05) is 10.9 Å². The maximum absolute atomic E-state index is 13.2. The molecule has 0 atom stereocenters. The average molecular weight is 447 g/mol. The van der Waals surface area contributed by atoms with Crippen LogP contribution in [0.5, 0.6) is 0 Å². The number of nitrogens with zero attached hydrogens (tertiary/aromatic N) is 3. The monoisotopic (exact) mass is 446 g/mol. The van der Waals surface area contributed by atoms with E-state index in [0.717, 1.165) is 35.5 Å². The molecule has 158 valence electrons. The normalized spacial score (nSPS) is 16.1. The van der Waals surface area contributed by atoms with E-state index in [2.05, 4.69) is 10.4 Å². The van der Waals surface area contributed by atoms with E-state index in [9.17, 15) is 8.42 Å². The number of aromatic nitrogens is 3. The predicted octanol–water partition coefficient (Wildman–Crippen LogP) is 2.59. The van der Waals surface area contributed by atoms with Gasteiger partial charge >= 0.3 is 0 Å². The van der Waals surface area contributed by atoms with Gasteiger partial charge in [0.15, 0.2) is 0 Å². The molecule has 8 nitrogen and oxygen atoms in total. The van der Waals surface area contributed by atoms with Gasteiger partial charge in [-0.2, -0.15) is 5.10 Å². The molecule has 1 aromatic carbocycles. The molecule has 3 aromatic rings. The molecule has 1 aliphatic heterocycles. The lowest BCUT2D eigenvalue weighted by molar-refractivity contribution is 0.343. The van der Waals surface area contributed by atoms with Crippen LogP contribution in [0.1, 0.15) is 24.4 Å². The quantitative estimate of drug-likeness (QED) is 0.518. The van der Waals surface area contributed by atoms with Crippen LogP contribution in [-0.4, -0.2) is 35.3 Å². The van der Waals surface area contributed by atoms with Gasteiger partial charge in [-0.15, -0.1) is 0 Å². The number of hydrogen-bond acceptors (Lipinski definition) is 6. The number of piperidine rings is 1. The highest BCUT2D eigenvalue weighted by atomic mass is 35.5. The Balaban J connectivity index is 1.82. The smallest absolute Gasteiger partial charge is 0.269 e. The van der Waals surface area contributed by atoms with Gasteiger partial charge in [0.2, 0.25) is 0 Å². The third-order valence-electron chi connectivity index (χ3n) is 5.23. The fourth-order valence-corrected chi connectivity index (χ4v) is 5.12. The summed E-state index contributed by atoms with van der Waals surface area (Å²) in [6.07, 6.45) is 8.53. The van der Waals surface area contributed by atoms with E-state index in [0.29, 0.717) is 17.2 Å². The fraction of sp³-hybridized carbons (Fsp3) is 0.250. The first-order valence-corrected chi connectivity index (χ1v) is 11.4.